The molecule has 1 aromatic carbocycles. The van der Waals surface area contributed by atoms with E-state index in [2.05, 4.69) is 10.6 Å². The first-order valence-electron chi connectivity index (χ1n) is 15.9. The van der Waals surface area contributed by atoms with Crippen LogP contribution in [0.2, 0.25) is 10.0 Å². The van der Waals surface area contributed by atoms with Gasteiger partial charge in [0.1, 0.15) is 29.3 Å². The number of halogens is 2. The number of rotatable bonds is 3. The van der Waals surface area contributed by atoms with E-state index in [0.717, 1.165) is 36.8 Å². The Morgan fingerprint density at radius 2 is 1.61 bits per heavy atom. The van der Waals surface area contributed by atoms with Crippen molar-refractivity contribution in [1.82, 2.24) is 20.4 Å². The van der Waals surface area contributed by atoms with Gasteiger partial charge in [0.25, 0.3) is 0 Å². The van der Waals surface area contributed by atoms with E-state index in [1.54, 1.807) is 32.9 Å². The maximum absolute atomic E-state index is 14.1. The number of nitrogens with zero attached hydrogens (tertiary/aromatic N) is 2. The molecular formula is C32H42Cl2N4O8. The second kappa shape index (κ2) is 13.5. The van der Waals surface area contributed by atoms with E-state index >= 15 is 0 Å². The Kier molecular flexibility index (Phi) is 9.98. The number of hydrogen-bond donors (Lipinski definition) is 3. The minimum absolute atomic E-state index is 0.0265. The van der Waals surface area contributed by atoms with Gasteiger partial charge in [-0.2, -0.15) is 0 Å². The summed E-state index contributed by atoms with van der Waals surface area (Å²) in [5, 5.41) is 16.3. The summed E-state index contributed by atoms with van der Waals surface area (Å²) < 4.78 is 11.3. The summed E-state index contributed by atoms with van der Waals surface area (Å²) in [7, 11) is 0. The first-order valence-corrected chi connectivity index (χ1v) is 16.7. The number of carboxylic acid groups (broad SMARTS) is 1. The Morgan fingerprint density at radius 1 is 1.00 bits per heavy atom. The minimum atomic E-state index is -1.39. The Balaban J connectivity index is 1.36. The number of aliphatic carboxylic acids is 1. The predicted molar refractivity (Wildman–Crippen MR) is 168 cm³/mol. The van der Waals surface area contributed by atoms with Crippen molar-refractivity contribution in [2.45, 2.75) is 121 Å². The number of alkyl carbamates (subject to hydrolysis) is 1. The molecule has 252 valence electrons. The van der Waals surface area contributed by atoms with Crippen molar-refractivity contribution in [3.05, 3.63) is 33.3 Å². The van der Waals surface area contributed by atoms with Crippen LogP contribution in [0.1, 0.15) is 89.7 Å². The second-order valence-corrected chi connectivity index (χ2v) is 14.7. The molecule has 3 heterocycles. The number of carbonyl (C=O) groups is 5. The zero-order chi connectivity index (χ0) is 33.4. The van der Waals surface area contributed by atoms with Gasteiger partial charge >= 0.3 is 18.2 Å². The van der Waals surface area contributed by atoms with Crippen LogP contribution >= 0.6 is 23.2 Å². The van der Waals surface area contributed by atoms with E-state index in [-0.39, 0.29) is 32.0 Å². The zero-order valence-electron chi connectivity index (χ0n) is 26.4. The molecule has 1 aromatic rings. The van der Waals surface area contributed by atoms with E-state index < -0.39 is 59.3 Å². The summed E-state index contributed by atoms with van der Waals surface area (Å²) >= 11 is 12.3. The van der Waals surface area contributed by atoms with Crippen molar-refractivity contribution in [2.24, 2.45) is 5.92 Å². The number of ether oxygens (including phenoxy) is 2. The fraction of sp³-hybridized carbons (Fsp3) is 0.656. The molecule has 5 atom stereocenters. The Morgan fingerprint density at radius 3 is 2.22 bits per heavy atom. The fourth-order valence-electron chi connectivity index (χ4n) is 6.74. The molecule has 0 unspecified atom stereocenters. The lowest BCUT2D eigenvalue weighted by molar-refractivity contribution is -0.146. The van der Waals surface area contributed by atoms with Crippen LogP contribution in [0.3, 0.4) is 0 Å². The van der Waals surface area contributed by atoms with Crippen molar-refractivity contribution in [3.63, 3.8) is 0 Å². The topological polar surface area (TPSA) is 155 Å². The molecule has 1 saturated carbocycles. The van der Waals surface area contributed by atoms with Gasteiger partial charge in [-0.15, -0.1) is 0 Å². The first-order chi connectivity index (χ1) is 21.7. The van der Waals surface area contributed by atoms with Crippen LogP contribution in [0.4, 0.5) is 9.59 Å². The summed E-state index contributed by atoms with van der Waals surface area (Å²) in [6, 6.07) is 1.32. The molecule has 1 aliphatic carbocycles. The van der Waals surface area contributed by atoms with Crippen molar-refractivity contribution in [3.8, 4) is 0 Å². The number of hydrogen-bond acceptors (Lipinski definition) is 7. The SMILES string of the molecule is CC(C)(C)OC(=O)N[C@H]1CCCCCCC[C@H]2C[C@@]2(C(=O)O)NC(=O)[C@@H]2C[C@@H](OC(=O)N3Cc4cc(Cl)c(Cl)cc4C3)CN2C1=O. The number of carbonyl (C=O) groups excluding carboxylic acids is 4. The summed E-state index contributed by atoms with van der Waals surface area (Å²) in [6.07, 6.45) is 3.18. The fourth-order valence-corrected chi connectivity index (χ4v) is 7.11. The van der Waals surface area contributed by atoms with Crippen LogP contribution in [-0.2, 0) is 36.9 Å². The molecule has 14 heteroatoms. The molecule has 3 fully saturated rings. The van der Waals surface area contributed by atoms with Crippen molar-refractivity contribution >= 4 is 53.2 Å². The summed E-state index contributed by atoms with van der Waals surface area (Å²) in [4.78, 5) is 69.1. The first kappa shape index (κ1) is 34.1. The molecule has 46 heavy (non-hydrogen) atoms. The van der Waals surface area contributed by atoms with E-state index in [4.69, 9.17) is 32.7 Å². The third-order valence-electron chi connectivity index (χ3n) is 9.21. The van der Waals surface area contributed by atoms with Crippen LogP contribution < -0.4 is 10.6 Å². The molecule has 0 radical (unpaired) electrons. The number of fused-ring (bicyclic) bond motifs is 3. The minimum Gasteiger partial charge on any atom is -0.479 e. The molecule has 3 N–H and O–H groups in total. The molecule has 4 aliphatic rings. The summed E-state index contributed by atoms with van der Waals surface area (Å²) in [5.74, 6) is -2.44. The van der Waals surface area contributed by atoms with E-state index in [1.807, 2.05) is 0 Å². The lowest BCUT2D eigenvalue weighted by atomic mass is 10.0. The Hall–Kier alpha value is -3.25. The highest BCUT2D eigenvalue weighted by Gasteiger charge is 2.62. The molecule has 0 spiro atoms. The lowest BCUT2D eigenvalue weighted by Crippen LogP contribution is -2.56. The monoisotopic (exact) mass is 680 g/mol. The average Bonchev–Trinajstić information content (AvgIpc) is 3.27. The third-order valence-corrected chi connectivity index (χ3v) is 9.93. The maximum atomic E-state index is 14.1. The molecule has 0 aromatic heterocycles. The van der Waals surface area contributed by atoms with Crippen LogP contribution in [0, 0.1) is 5.92 Å². The van der Waals surface area contributed by atoms with E-state index in [1.165, 1.54) is 9.80 Å². The van der Waals surface area contributed by atoms with Gasteiger partial charge in [-0.25, -0.2) is 14.4 Å². The quantitative estimate of drug-likeness (QED) is 0.402. The highest BCUT2D eigenvalue weighted by molar-refractivity contribution is 6.42. The van der Waals surface area contributed by atoms with Gasteiger partial charge in [-0.05, 0) is 69.2 Å². The number of amides is 4. The molecule has 2 saturated heterocycles. The van der Waals surface area contributed by atoms with E-state index in [9.17, 15) is 29.1 Å². The number of benzene rings is 1. The molecule has 4 amide bonds. The number of nitrogens with one attached hydrogen (secondary N) is 2. The molecule has 3 aliphatic heterocycles. The van der Waals surface area contributed by atoms with Gasteiger partial charge in [0.2, 0.25) is 11.8 Å². The largest absolute Gasteiger partial charge is 0.479 e. The Labute approximate surface area is 278 Å². The standard InChI is InChI=1S/C32H42Cl2N4O8/c1-31(2,3)46-29(43)35-24-10-8-6-4-5-7-9-20-14-32(20,28(41)42)36-26(39)25-13-21(17-38(25)27(24)40)45-30(44)37-15-18-11-22(33)23(34)12-19(18)16-37/h11-12,20-21,24-25H,4-10,13-17H2,1-3H3,(H,35,43)(H,36,39)(H,41,42)/t20-,21+,24-,25-,32+/m0/s1. The maximum Gasteiger partial charge on any atom is 0.410 e. The van der Waals surface area contributed by atoms with Gasteiger partial charge in [0.05, 0.1) is 16.6 Å². The van der Waals surface area contributed by atoms with Gasteiger partial charge < -0.3 is 30.1 Å². The predicted octanol–water partition coefficient (Wildman–Crippen LogP) is 5.01. The highest BCUT2D eigenvalue weighted by atomic mass is 35.5. The zero-order valence-corrected chi connectivity index (χ0v) is 27.9. The average molecular weight is 682 g/mol. The van der Waals surface area contributed by atoms with Gasteiger partial charge in [0, 0.05) is 19.5 Å². The molecular weight excluding hydrogens is 639 g/mol. The smallest absolute Gasteiger partial charge is 0.410 e. The summed E-state index contributed by atoms with van der Waals surface area (Å²) in [6.45, 7) is 5.57. The Bertz CT molecular complexity index is 1370. The van der Waals surface area contributed by atoms with E-state index in [0.29, 0.717) is 35.7 Å². The molecule has 12 nitrogen and oxygen atoms in total. The normalized spacial score (nSPS) is 28.5. The van der Waals surface area contributed by atoms with Gasteiger partial charge in [0.15, 0.2) is 0 Å². The van der Waals surface area contributed by atoms with Crippen LogP contribution in [0.15, 0.2) is 12.1 Å². The van der Waals surface area contributed by atoms with Gasteiger partial charge in [-0.3, -0.25) is 14.5 Å². The highest BCUT2D eigenvalue weighted by Crippen LogP contribution is 2.47. The second-order valence-electron chi connectivity index (χ2n) is 13.8. The van der Waals surface area contributed by atoms with Crippen LogP contribution in [0.5, 0.6) is 0 Å². The van der Waals surface area contributed by atoms with Crippen molar-refractivity contribution in [2.75, 3.05) is 6.54 Å². The van der Waals surface area contributed by atoms with Crippen molar-refractivity contribution < 1.29 is 38.6 Å². The third kappa shape index (κ3) is 7.65. The van der Waals surface area contributed by atoms with Crippen LogP contribution in [-0.4, -0.2) is 80.7 Å². The molecule has 5 rings (SSSR count). The number of carboxylic acids is 1. The molecule has 0 bridgehead atoms. The van der Waals surface area contributed by atoms with Crippen molar-refractivity contribution in [1.29, 1.82) is 0 Å². The van der Waals surface area contributed by atoms with Crippen LogP contribution in [0.25, 0.3) is 0 Å². The van der Waals surface area contributed by atoms with Gasteiger partial charge in [-0.1, -0.05) is 55.3 Å². The lowest BCUT2D eigenvalue weighted by Gasteiger charge is -2.30. The summed E-state index contributed by atoms with van der Waals surface area (Å²) in [5.41, 5.74) is -0.498.